The van der Waals surface area contributed by atoms with E-state index >= 15 is 0 Å². The van der Waals surface area contributed by atoms with Gasteiger partial charge in [0.05, 0.1) is 14.6 Å². The first-order valence-electron chi connectivity index (χ1n) is 7.33. The quantitative estimate of drug-likeness (QED) is 0.923. The fourth-order valence-corrected chi connectivity index (χ4v) is 4.59. The van der Waals surface area contributed by atoms with E-state index in [-0.39, 0.29) is 12.0 Å². The van der Waals surface area contributed by atoms with Crippen LogP contribution in [0.3, 0.4) is 0 Å². The molecule has 3 atom stereocenters. The Morgan fingerprint density at radius 1 is 1.45 bits per heavy atom. The van der Waals surface area contributed by atoms with Crippen LogP contribution in [-0.2, 0) is 14.5 Å². The lowest BCUT2D eigenvalue weighted by molar-refractivity contribution is 0.0915. The highest BCUT2D eigenvalue weighted by Gasteiger charge is 2.29. The molecule has 1 aromatic carbocycles. The highest BCUT2D eigenvalue weighted by molar-refractivity contribution is 7.96. The monoisotopic (exact) mass is 322 g/mol. The van der Waals surface area contributed by atoms with Crippen LogP contribution in [0.1, 0.15) is 26.2 Å². The maximum Gasteiger partial charge on any atom is 0.404 e. The summed E-state index contributed by atoms with van der Waals surface area (Å²) in [5.74, 6) is 0.0544. The van der Waals surface area contributed by atoms with Crippen molar-refractivity contribution in [2.45, 2.75) is 37.2 Å². The Labute approximate surface area is 131 Å². The number of primary amides is 1. The average Bonchev–Trinajstić information content (AvgIpc) is 2.95. The number of rotatable bonds is 4. The van der Waals surface area contributed by atoms with Gasteiger partial charge in [0.1, 0.15) is 6.10 Å². The number of nitrogens with zero attached hydrogens (tertiary/aromatic N) is 1. The lowest BCUT2D eigenvalue weighted by Gasteiger charge is -2.20. The number of amides is 1. The van der Waals surface area contributed by atoms with Gasteiger partial charge in [-0.3, -0.25) is 0 Å². The average molecular weight is 322 g/mol. The van der Waals surface area contributed by atoms with Gasteiger partial charge in [-0.2, -0.15) is 0 Å². The molecule has 0 saturated heterocycles. The molecule has 2 rings (SSSR count). The molecule has 0 aromatic heterocycles. The van der Waals surface area contributed by atoms with Gasteiger partial charge >= 0.3 is 6.09 Å². The third kappa shape index (κ3) is 3.68. The number of carbonyl (C=O) groups excluding carboxylic acids is 1. The SMILES string of the molecule is CN=S(=O)(/C=C1/CCC[C@@H]1[C@@H](C)OC(N)=O)c1ccccc1. The van der Waals surface area contributed by atoms with Gasteiger partial charge in [0, 0.05) is 18.4 Å². The zero-order valence-electron chi connectivity index (χ0n) is 12.9. The zero-order chi connectivity index (χ0) is 16.2. The molecule has 0 spiro atoms. The van der Waals surface area contributed by atoms with E-state index in [9.17, 15) is 9.00 Å². The minimum atomic E-state index is -2.59. The Morgan fingerprint density at radius 3 is 2.73 bits per heavy atom. The van der Waals surface area contributed by atoms with E-state index in [1.165, 1.54) is 0 Å². The standard InChI is InChI=1S/C16H22N2O3S/c1-12(21-16(17)19)15-10-6-7-13(15)11-22(20,18-2)14-8-4-3-5-9-14/h3-5,8-9,11-12,15H,6-7,10H2,1-2H3,(H2,17,19)/b13-11-/t12-,15-,22?/m1/s1. The van der Waals surface area contributed by atoms with Crippen LogP contribution >= 0.6 is 0 Å². The third-order valence-electron chi connectivity index (χ3n) is 3.99. The van der Waals surface area contributed by atoms with Gasteiger partial charge in [-0.05, 0) is 38.3 Å². The smallest absolute Gasteiger partial charge is 0.404 e. The second-order valence-corrected chi connectivity index (χ2v) is 7.61. The van der Waals surface area contributed by atoms with Crippen LogP contribution < -0.4 is 5.73 Å². The van der Waals surface area contributed by atoms with Crippen molar-refractivity contribution in [3.05, 3.63) is 41.3 Å². The van der Waals surface area contributed by atoms with Gasteiger partial charge in [0.15, 0.2) is 0 Å². The highest BCUT2D eigenvalue weighted by Crippen LogP contribution is 2.36. The van der Waals surface area contributed by atoms with E-state index in [1.807, 2.05) is 37.3 Å². The largest absolute Gasteiger partial charge is 0.446 e. The first-order chi connectivity index (χ1) is 10.5. The molecule has 2 N–H and O–H groups in total. The van der Waals surface area contributed by atoms with Gasteiger partial charge in [-0.15, -0.1) is 0 Å². The van der Waals surface area contributed by atoms with E-state index in [0.29, 0.717) is 4.90 Å². The van der Waals surface area contributed by atoms with Crippen molar-refractivity contribution in [2.24, 2.45) is 16.0 Å². The fourth-order valence-electron chi connectivity index (χ4n) is 2.89. The fraction of sp³-hybridized carbons (Fsp3) is 0.438. The minimum absolute atomic E-state index is 0.0544. The van der Waals surface area contributed by atoms with E-state index in [1.54, 1.807) is 12.5 Å². The molecule has 5 nitrogen and oxygen atoms in total. The molecule has 1 amide bonds. The summed E-state index contributed by atoms with van der Waals surface area (Å²) in [4.78, 5) is 11.6. The van der Waals surface area contributed by atoms with Crippen LogP contribution in [0.5, 0.6) is 0 Å². The Hall–Kier alpha value is -1.82. The summed E-state index contributed by atoms with van der Waals surface area (Å²) in [6, 6.07) is 9.22. The lowest BCUT2D eigenvalue weighted by Crippen LogP contribution is -2.26. The molecule has 1 unspecified atom stereocenters. The summed E-state index contributed by atoms with van der Waals surface area (Å²) in [7, 11) is -1.02. The molecule has 1 saturated carbocycles. The summed E-state index contributed by atoms with van der Waals surface area (Å²) in [6.07, 6.45) is 1.63. The summed E-state index contributed by atoms with van der Waals surface area (Å²) >= 11 is 0. The third-order valence-corrected chi connectivity index (χ3v) is 6.10. The van der Waals surface area contributed by atoms with Crippen molar-refractivity contribution < 1.29 is 13.7 Å². The molecule has 0 bridgehead atoms. The van der Waals surface area contributed by atoms with E-state index < -0.39 is 15.8 Å². The molecule has 0 aliphatic heterocycles. The van der Waals surface area contributed by atoms with E-state index in [2.05, 4.69) is 4.36 Å². The number of nitrogens with two attached hydrogens (primary N) is 1. The second-order valence-electron chi connectivity index (χ2n) is 5.40. The van der Waals surface area contributed by atoms with Crippen molar-refractivity contribution in [3.63, 3.8) is 0 Å². The molecule has 1 aliphatic carbocycles. The Morgan fingerprint density at radius 2 is 2.14 bits per heavy atom. The molecular weight excluding hydrogens is 300 g/mol. The summed E-state index contributed by atoms with van der Waals surface area (Å²) in [5, 5.41) is 1.76. The van der Waals surface area contributed by atoms with Crippen molar-refractivity contribution in [1.29, 1.82) is 0 Å². The maximum absolute atomic E-state index is 13.1. The highest BCUT2D eigenvalue weighted by atomic mass is 32.2. The van der Waals surface area contributed by atoms with Crippen LogP contribution in [0, 0.1) is 5.92 Å². The molecule has 0 heterocycles. The molecule has 0 radical (unpaired) electrons. The van der Waals surface area contributed by atoms with Gasteiger partial charge in [-0.1, -0.05) is 23.8 Å². The predicted molar refractivity (Wildman–Crippen MR) is 86.8 cm³/mol. The molecule has 6 heteroatoms. The molecule has 1 fully saturated rings. The van der Waals surface area contributed by atoms with Crippen LogP contribution in [-0.4, -0.2) is 23.5 Å². The molecular formula is C16H22N2O3S. The minimum Gasteiger partial charge on any atom is -0.446 e. The maximum atomic E-state index is 13.1. The van der Waals surface area contributed by atoms with E-state index in [0.717, 1.165) is 24.8 Å². The topological polar surface area (TPSA) is 81.8 Å². The first-order valence-corrected chi connectivity index (χ1v) is 8.91. The molecule has 1 aliphatic rings. The van der Waals surface area contributed by atoms with Gasteiger partial charge < -0.3 is 10.5 Å². The van der Waals surface area contributed by atoms with Gasteiger partial charge in [0.2, 0.25) is 0 Å². The summed E-state index contributed by atoms with van der Waals surface area (Å²) in [5.41, 5.74) is 6.13. The molecule has 120 valence electrons. The Balaban J connectivity index is 2.33. The van der Waals surface area contributed by atoms with Crippen LogP contribution in [0.15, 0.2) is 50.6 Å². The summed E-state index contributed by atoms with van der Waals surface area (Å²) in [6.45, 7) is 1.82. The Kier molecular flexibility index (Phi) is 5.24. The Bertz CT molecular complexity index is 676. The van der Waals surface area contributed by atoms with E-state index in [4.69, 9.17) is 10.5 Å². The number of hydrogen-bond acceptors (Lipinski definition) is 4. The first kappa shape index (κ1) is 16.5. The van der Waals surface area contributed by atoms with Crippen LogP contribution in [0.4, 0.5) is 4.79 Å². The second kappa shape index (κ2) is 6.96. The van der Waals surface area contributed by atoms with Gasteiger partial charge in [-0.25, -0.2) is 13.4 Å². The lowest BCUT2D eigenvalue weighted by atomic mass is 9.98. The normalized spacial score (nSPS) is 23.7. The summed E-state index contributed by atoms with van der Waals surface area (Å²) < 4.78 is 22.3. The van der Waals surface area contributed by atoms with Crippen molar-refractivity contribution in [2.75, 3.05) is 7.05 Å². The van der Waals surface area contributed by atoms with Gasteiger partial charge in [0.25, 0.3) is 0 Å². The van der Waals surface area contributed by atoms with Crippen molar-refractivity contribution in [3.8, 4) is 0 Å². The molecule has 22 heavy (non-hydrogen) atoms. The number of benzene rings is 1. The number of hydrogen-bond donors (Lipinski definition) is 1. The zero-order valence-corrected chi connectivity index (χ0v) is 13.7. The van der Waals surface area contributed by atoms with Crippen molar-refractivity contribution in [1.82, 2.24) is 0 Å². The van der Waals surface area contributed by atoms with Crippen LogP contribution in [0.25, 0.3) is 0 Å². The van der Waals surface area contributed by atoms with Crippen LogP contribution in [0.2, 0.25) is 0 Å². The number of ether oxygens (including phenoxy) is 1. The number of carbonyl (C=O) groups is 1. The predicted octanol–water partition coefficient (Wildman–Crippen LogP) is 3.31. The molecule has 1 aromatic rings. The van der Waals surface area contributed by atoms with Crippen molar-refractivity contribution >= 4 is 15.8 Å².